The molecule has 5 nitrogen and oxygen atoms in total. The largest absolute Gasteiger partial charge is 0.377 e. The van der Waals surface area contributed by atoms with Gasteiger partial charge in [-0.15, -0.1) is 0 Å². The summed E-state index contributed by atoms with van der Waals surface area (Å²) in [6.45, 7) is 2.11. The number of hydrogen-bond donors (Lipinski definition) is 2. The molecular weight excluding hydrogens is 260 g/mol. The summed E-state index contributed by atoms with van der Waals surface area (Å²) in [6, 6.07) is 2.17. The Kier molecular flexibility index (Phi) is 3.35. The van der Waals surface area contributed by atoms with Gasteiger partial charge in [0, 0.05) is 36.0 Å². The van der Waals surface area contributed by atoms with Crippen LogP contribution in [0.2, 0.25) is 0 Å². The predicted octanol–water partition coefficient (Wildman–Crippen LogP) is 1.05. The van der Waals surface area contributed by atoms with Gasteiger partial charge in [0.15, 0.2) is 5.11 Å². The Morgan fingerprint density at radius 2 is 2.53 bits per heavy atom. The van der Waals surface area contributed by atoms with Gasteiger partial charge in [0.25, 0.3) is 0 Å². The second kappa shape index (κ2) is 5.14. The van der Waals surface area contributed by atoms with Crippen molar-refractivity contribution in [2.75, 3.05) is 19.8 Å². The molecular formula is C13H16N4OS. The van der Waals surface area contributed by atoms with Gasteiger partial charge >= 0.3 is 0 Å². The Balaban J connectivity index is 1.85. The van der Waals surface area contributed by atoms with Crippen molar-refractivity contribution in [2.24, 2.45) is 5.73 Å². The molecule has 0 aromatic carbocycles. The van der Waals surface area contributed by atoms with Crippen molar-refractivity contribution in [3.63, 3.8) is 0 Å². The van der Waals surface area contributed by atoms with Gasteiger partial charge < -0.3 is 20.4 Å². The maximum absolute atomic E-state index is 5.78. The molecule has 2 aromatic rings. The lowest BCUT2D eigenvalue weighted by molar-refractivity contribution is 0.0274. The molecule has 0 amide bonds. The summed E-state index contributed by atoms with van der Waals surface area (Å²) in [5.41, 5.74) is 8.10. The monoisotopic (exact) mass is 276 g/mol. The Labute approximate surface area is 116 Å². The predicted molar refractivity (Wildman–Crippen MR) is 77.9 cm³/mol. The second-order valence-corrected chi connectivity index (χ2v) is 5.12. The van der Waals surface area contributed by atoms with E-state index in [1.54, 1.807) is 6.20 Å². The zero-order valence-electron chi connectivity index (χ0n) is 10.5. The normalized spacial score (nSPS) is 19.8. The Bertz CT molecular complexity index is 597. The van der Waals surface area contributed by atoms with Crippen molar-refractivity contribution in [1.82, 2.24) is 14.9 Å². The first-order valence-electron chi connectivity index (χ1n) is 6.29. The second-order valence-electron chi connectivity index (χ2n) is 4.70. The molecule has 1 aliphatic heterocycles. The van der Waals surface area contributed by atoms with Crippen LogP contribution in [0.4, 0.5) is 0 Å². The summed E-state index contributed by atoms with van der Waals surface area (Å²) in [7, 11) is 0. The first-order chi connectivity index (χ1) is 9.25. The molecule has 6 heteroatoms. The fraction of sp³-hybridized carbons (Fsp3) is 0.385. The molecule has 0 spiro atoms. The summed E-state index contributed by atoms with van der Waals surface area (Å²) < 4.78 is 5.54. The minimum atomic E-state index is 0.199. The van der Waals surface area contributed by atoms with Crippen molar-refractivity contribution in [2.45, 2.75) is 12.5 Å². The van der Waals surface area contributed by atoms with Crippen LogP contribution >= 0.6 is 12.2 Å². The van der Waals surface area contributed by atoms with E-state index in [0.29, 0.717) is 18.3 Å². The molecule has 3 rings (SSSR count). The summed E-state index contributed by atoms with van der Waals surface area (Å²) >= 11 is 5.11. The molecule has 1 fully saturated rings. The Morgan fingerprint density at radius 1 is 1.63 bits per heavy atom. The Morgan fingerprint density at radius 3 is 3.37 bits per heavy atom. The third-order valence-corrected chi connectivity index (χ3v) is 3.77. The average Bonchev–Trinajstić information content (AvgIpc) is 2.83. The molecule has 19 heavy (non-hydrogen) atoms. The van der Waals surface area contributed by atoms with E-state index in [-0.39, 0.29) is 6.04 Å². The summed E-state index contributed by atoms with van der Waals surface area (Å²) in [5, 5.41) is 1.60. The molecule has 1 atom stereocenters. The third kappa shape index (κ3) is 2.41. The van der Waals surface area contributed by atoms with Gasteiger partial charge in [-0.1, -0.05) is 0 Å². The summed E-state index contributed by atoms with van der Waals surface area (Å²) in [6.07, 6.45) is 6.55. The molecule has 1 aliphatic rings. The molecule has 0 aliphatic carbocycles. The number of thiocarbonyl (C=S) groups is 1. The van der Waals surface area contributed by atoms with Gasteiger partial charge in [-0.05, 0) is 30.3 Å². The molecule has 0 saturated carbocycles. The standard InChI is InChI=1S/C13H16N4OS/c14-13(19)17-3-4-18-8-10(17)5-9-6-16-12-1-2-15-7-11(9)12/h1-2,6-7,10,16H,3-5,8H2,(H2,14,19)/t10-/m0/s1. The Hall–Kier alpha value is -1.66. The topological polar surface area (TPSA) is 67.2 Å². The molecule has 0 unspecified atom stereocenters. The number of rotatable bonds is 2. The van der Waals surface area contributed by atoms with Crippen LogP contribution in [0.25, 0.3) is 10.9 Å². The lowest BCUT2D eigenvalue weighted by atomic mass is 10.0. The van der Waals surface area contributed by atoms with Gasteiger partial charge in [-0.25, -0.2) is 0 Å². The van der Waals surface area contributed by atoms with E-state index in [1.807, 2.05) is 23.4 Å². The fourth-order valence-corrected chi connectivity index (χ4v) is 2.80. The van der Waals surface area contributed by atoms with Crippen LogP contribution in [0.15, 0.2) is 24.7 Å². The van der Waals surface area contributed by atoms with Crippen LogP contribution in [-0.2, 0) is 11.2 Å². The number of hydrogen-bond acceptors (Lipinski definition) is 3. The molecule has 3 N–H and O–H groups in total. The van der Waals surface area contributed by atoms with Crippen LogP contribution < -0.4 is 5.73 Å². The van der Waals surface area contributed by atoms with E-state index in [4.69, 9.17) is 22.7 Å². The fourth-order valence-electron chi connectivity index (χ4n) is 2.56. The average molecular weight is 276 g/mol. The SMILES string of the molecule is NC(=S)N1CCOC[C@@H]1Cc1c[nH]c2ccncc12. The van der Waals surface area contributed by atoms with Crippen molar-refractivity contribution in [3.8, 4) is 0 Å². The smallest absolute Gasteiger partial charge is 0.166 e. The van der Waals surface area contributed by atoms with E-state index < -0.39 is 0 Å². The first-order valence-corrected chi connectivity index (χ1v) is 6.70. The molecule has 100 valence electrons. The summed E-state index contributed by atoms with van der Waals surface area (Å²) in [4.78, 5) is 9.49. The minimum absolute atomic E-state index is 0.199. The number of ether oxygens (including phenoxy) is 1. The molecule has 1 saturated heterocycles. The van der Waals surface area contributed by atoms with Crippen molar-refractivity contribution in [3.05, 3.63) is 30.2 Å². The van der Waals surface area contributed by atoms with E-state index >= 15 is 0 Å². The highest BCUT2D eigenvalue weighted by atomic mass is 32.1. The lowest BCUT2D eigenvalue weighted by Crippen LogP contribution is -2.51. The van der Waals surface area contributed by atoms with E-state index in [2.05, 4.69) is 9.97 Å². The summed E-state index contributed by atoms with van der Waals surface area (Å²) in [5.74, 6) is 0. The van der Waals surface area contributed by atoms with Crippen molar-refractivity contribution in [1.29, 1.82) is 0 Å². The van der Waals surface area contributed by atoms with Crippen LogP contribution in [0.5, 0.6) is 0 Å². The van der Waals surface area contributed by atoms with Gasteiger partial charge in [-0.2, -0.15) is 0 Å². The van der Waals surface area contributed by atoms with Gasteiger partial charge in [-0.3, -0.25) is 4.98 Å². The highest BCUT2D eigenvalue weighted by Crippen LogP contribution is 2.20. The van der Waals surface area contributed by atoms with Gasteiger partial charge in [0.05, 0.1) is 19.3 Å². The zero-order valence-corrected chi connectivity index (χ0v) is 11.3. The number of nitrogens with zero attached hydrogens (tertiary/aromatic N) is 2. The minimum Gasteiger partial charge on any atom is -0.377 e. The number of H-pyrrole nitrogens is 1. The van der Waals surface area contributed by atoms with Gasteiger partial charge in [0.1, 0.15) is 0 Å². The highest BCUT2D eigenvalue weighted by Gasteiger charge is 2.24. The van der Waals surface area contributed by atoms with E-state index in [9.17, 15) is 0 Å². The van der Waals surface area contributed by atoms with Crippen LogP contribution in [0.1, 0.15) is 5.56 Å². The maximum atomic E-state index is 5.78. The van der Waals surface area contributed by atoms with E-state index in [1.165, 1.54) is 5.56 Å². The first kappa shape index (κ1) is 12.4. The van der Waals surface area contributed by atoms with E-state index in [0.717, 1.165) is 23.9 Å². The number of aromatic amines is 1. The molecule has 3 heterocycles. The van der Waals surface area contributed by atoms with Crippen molar-refractivity contribution >= 4 is 28.2 Å². The van der Waals surface area contributed by atoms with Crippen LogP contribution in [0, 0.1) is 0 Å². The maximum Gasteiger partial charge on any atom is 0.166 e. The number of pyridine rings is 1. The molecule has 0 radical (unpaired) electrons. The number of nitrogens with two attached hydrogens (primary N) is 1. The van der Waals surface area contributed by atoms with Crippen LogP contribution in [-0.4, -0.2) is 45.8 Å². The quantitative estimate of drug-likeness (QED) is 0.803. The van der Waals surface area contributed by atoms with Crippen LogP contribution in [0.3, 0.4) is 0 Å². The third-order valence-electron chi connectivity index (χ3n) is 3.54. The highest BCUT2D eigenvalue weighted by molar-refractivity contribution is 7.80. The molecule has 0 bridgehead atoms. The molecule has 2 aromatic heterocycles. The number of nitrogens with one attached hydrogen (secondary N) is 1. The zero-order chi connectivity index (χ0) is 13.2. The van der Waals surface area contributed by atoms with Gasteiger partial charge in [0.2, 0.25) is 0 Å². The lowest BCUT2D eigenvalue weighted by Gasteiger charge is -2.36. The number of morpholine rings is 1. The van der Waals surface area contributed by atoms with Crippen molar-refractivity contribution < 1.29 is 4.74 Å². The number of aromatic nitrogens is 2. The number of fused-ring (bicyclic) bond motifs is 1.